The molecule has 0 amide bonds. The number of para-hydroxylation sites is 1. The number of hydrogen-bond donors (Lipinski definition) is 2. The van der Waals surface area contributed by atoms with Crippen LogP contribution < -0.4 is 5.32 Å². The number of nitrogens with one attached hydrogen (secondary N) is 1. The number of nitro benzene ring substituents is 1. The van der Waals surface area contributed by atoms with Crippen LogP contribution in [0.1, 0.15) is 37.6 Å². The zero-order valence-electron chi connectivity index (χ0n) is 10.6. The molecule has 2 N–H and O–H groups in total. The van der Waals surface area contributed by atoms with E-state index in [0.717, 1.165) is 0 Å². The summed E-state index contributed by atoms with van der Waals surface area (Å²) >= 11 is 0. The Morgan fingerprint density at radius 2 is 2.11 bits per heavy atom. The summed E-state index contributed by atoms with van der Waals surface area (Å²) in [6.07, 6.45) is 0.706. The maximum Gasteiger partial charge on any atom is 0.338 e. The van der Waals surface area contributed by atoms with Gasteiger partial charge in [-0.15, -0.1) is 0 Å². The Bertz CT molecular complexity index is 451. The minimum atomic E-state index is -1.19. The van der Waals surface area contributed by atoms with Gasteiger partial charge in [0, 0.05) is 11.6 Å². The van der Waals surface area contributed by atoms with Crippen LogP contribution in [0.5, 0.6) is 0 Å². The van der Waals surface area contributed by atoms with E-state index in [2.05, 4.69) is 5.32 Å². The fraction of sp³-hybridized carbons (Fsp3) is 0.417. The first-order chi connectivity index (χ1) is 8.28. The zero-order valence-corrected chi connectivity index (χ0v) is 10.6. The van der Waals surface area contributed by atoms with Gasteiger partial charge in [0.25, 0.3) is 5.69 Å². The van der Waals surface area contributed by atoms with Crippen molar-refractivity contribution >= 4 is 17.3 Å². The summed E-state index contributed by atoms with van der Waals surface area (Å²) in [7, 11) is 0. The molecule has 0 aliphatic rings. The van der Waals surface area contributed by atoms with E-state index in [4.69, 9.17) is 5.11 Å². The molecule has 0 fully saturated rings. The first kappa shape index (κ1) is 14.0. The molecule has 0 saturated carbocycles. The van der Waals surface area contributed by atoms with Crippen LogP contribution in [-0.4, -0.2) is 21.5 Å². The van der Waals surface area contributed by atoms with Crippen molar-refractivity contribution in [3.8, 4) is 0 Å². The van der Waals surface area contributed by atoms with Crippen molar-refractivity contribution in [2.45, 2.75) is 32.7 Å². The van der Waals surface area contributed by atoms with Gasteiger partial charge < -0.3 is 10.4 Å². The molecule has 0 saturated heterocycles. The van der Waals surface area contributed by atoms with Gasteiger partial charge in [-0.25, -0.2) is 4.79 Å². The molecular weight excluding hydrogens is 236 g/mol. The number of rotatable bonds is 5. The van der Waals surface area contributed by atoms with Crippen molar-refractivity contribution in [1.29, 1.82) is 0 Å². The maximum absolute atomic E-state index is 11.1. The second-order valence-corrected chi connectivity index (χ2v) is 4.62. The Hall–Kier alpha value is -2.11. The van der Waals surface area contributed by atoms with Crippen LogP contribution in [0.15, 0.2) is 18.2 Å². The average molecular weight is 252 g/mol. The smallest absolute Gasteiger partial charge is 0.338 e. The van der Waals surface area contributed by atoms with Gasteiger partial charge in [-0.2, -0.15) is 0 Å². The largest absolute Gasteiger partial charge is 0.478 e. The van der Waals surface area contributed by atoms with Crippen LogP contribution in [0.2, 0.25) is 0 Å². The summed E-state index contributed by atoms with van der Waals surface area (Å²) < 4.78 is 0. The SMILES string of the molecule is CCC(C)(C)Nc1c(C(=O)O)cccc1[N+](=O)[O-]. The van der Waals surface area contributed by atoms with Gasteiger partial charge in [0.2, 0.25) is 0 Å². The van der Waals surface area contributed by atoms with Crippen LogP contribution >= 0.6 is 0 Å². The number of aromatic carboxylic acids is 1. The molecule has 1 rings (SSSR count). The van der Waals surface area contributed by atoms with Gasteiger partial charge in [-0.1, -0.05) is 13.0 Å². The third-order valence-corrected chi connectivity index (χ3v) is 2.82. The number of carboxylic acids is 1. The highest BCUT2D eigenvalue weighted by atomic mass is 16.6. The molecule has 0 aliphatic carbocycles. The summed E-state index contributed by atoms with van der Waals surface area (Å²) in [5.41, 5.74) is -0.681. The normalized spacial score (nSPS) is 11.1. The fourth-order valence-electron chi connectivity index (χ4n) is 1.43. The minimum Gasteiger partial charge on any atom is -0.478 e. The lowest BCUT2D eigenvalue weighted by Gasteiger charge is -2.26. The molecule has 0 heterocycles. The van der Waals surface area contributed by atoms with Crippen LogP contribution in [0.4, 0.5) is 11.4 Å². The van der Waals surface area contributed by atoms with Crippen molar-refractivity contribution < 1.29 is 14.8 Å². The fourth-order valence-corrected chi connectivity index (χ4v) is 1.43. The van der Waals surface area contributed by atoms with E-state index in [9.17, 15) is 14.9 Å². The average Bonchev–Trinajstić information content (AvgIpc) is 2.28. The van der Waals surface area contributed by atoms with Crippen LogP contribution in [0, 0.1) is 10.1 Å². The standard InChI is InChI=1S/C12H16N2O4/c1-4-12(2,3)13-10-8(11(15)16)6-5-7-9(10)14(17)18/h5-7,13H,4H2,1-3H3,(H,15,16). The van der Waals surface area contributed by atoms with E-state index >= 15 is 0 Å². The quantitative estimate of drug-likeness (QED) is 0.620. The summed E-state index contributed by atoms with van der Waals surface area (Å²) in [5.74, 6) is -1.19. The van der Waals surface area contributed by atoms with Crippen molar-refractivity contribution in [3.05, 3.63) is 33.9 Å². The number of anilines is 1. The highest BCUT2D eigenvalue weighted by Crippen LogP contribution is 2.31. The summed E-state index contributed by atoms with van der Waals surface area (Å²) in [6.45, 7) is 5.63. The van der Waals surface area contributed by atoms with Crippen LogP contribution in [0.3, 0.4) is 0 Å². The van der Waals surface area contributed by atoms with E-state index in [1.807, 2.05) is 20.8 Å². The van der Waals surface area contributed by atoms with Gasteiger partial charge in [-0.3, -0.25) is 10.1 Å². The Morgan fingerprint density at radius 1 is 1.50 bits per heavy atom. The van der Waals surface area contributed by atoms with Gasteiger partial charge in [0.15, 0.2) is 0 Å². The van der Waals surface area contributed by atoms with Crippen molar-refractivity contribution in [2.24, 2.45) is 0 Å². The van der Waals surface area contributed by atoms with Crippen LogP contribution in [0.25, 0.3) is 0 Å². The lowest BCUT2D eigenvalue weighted by Crippen LogP contribution is -2.31. The highest BCUT2D eigenvalue weighted by Gasteiger charge is 2.26. The third-order valence-electron chi connectivity index (χ3n) is 2.82. The van der Waals surface area contributed by atoms with Gasteiger partial charge in [0.05, 0.1) is 10.5 Å². The molecule has 0 spiro atoms. The lowest BCUT2D eigenvalue weighted by molar-refractivity contribution is -0.384. The lowest BCUT2D eigenvalue weighted by atomic mass is 10.00. The highest BCUT2D eigenvalue weighted by molar-refractivity contribution is 5.97. The summed E-state index contributed by atoms with van der Waals surface area (Å²) in [5, 5.41) is 23.0. The second-order valence-electron chi connectivity index (χ2n) is 4.62. The molecule has 0 radical (unpaired) electrons. The first-order valence-electron chi connectivity index (χ1n) is 5.57. The maximum atomic E-state index is 11.1. The van der Waals surface area contributed by atoms with E-state index in [1.54, 1.807) is 0 Å². The Kier molecular flexibility index (Phi) is 3.90. The molecule has 98 valence electrons. The summed E-state index contributed by atoms with van der Waals surface area (Å²) in [4.78, 5) is 21.5. The zero-order chi connectivity index (χ0) is 13.9. The third kappa shape index (κ3) is 2.97. The molecule has 0 aromatic heterocycles. The van der Waals surface area contributed by atoms with E-state index < -0.39 is 16.4 Å². The molecule has 6 nitrogen and oxygen atoms in total. The predicted octanol–water partition coefficient (Wildman–Crippen LogP) is 2.89. The second kappa shape index (κ2) is 5.03. The minimum absolute atomic E-state index is 0.0573. The monoisotopic (exact) mass is 252 g/mol. The predicted molar refractivity (Wildman–Crippen MR) is 68.0 cm³/mol. The molecule has 18 heavy (non-hydrogen) atoms. The topological polar surface area (TPSA) is 92.5 Å². The van der Waals surface area contributed by atoms with E-state index in [-0.39, 0.29) is 16.9 Å². The molecule has 0 unspecified atom stereocenters. The van der Waals surface area contributed by atoms with Gasteiger partial charge in [-0.05, 0) is 26.3 Å². The number of nitrogens with zero attached hydrogens (tertiary/aromatic N) is 1. The molecule has 0 bridgehead atoms. The molecule has 1 aromatic rings. The van der Waals surface area contributed by atoms with E-state index in [0.29, 0.717) is 6.42 Å². The van der Waals surface area contributed by atoms with Crippen molar-refractivity contribution in [1.82, 2.24) is 0 Å². The number of carboxylic acid groups (broad SMARTS) is 1. The number of hydrogen-bond acceptors (Lipinski definition) is 4. The van der Waals surface area contributed by atoms with E-state index in [1.165, 1.54) is 18.2 Å². The molecule has 1 aromatic carbocycles. The molecule has 0 aliphatic heterocycles. The van der Waals surface area contributed by atoms with Gasteiger partial charge >= 0.3 is 5.97 Å². The number of carbonyl (C=O) groups is 1. The van der Waals surface area contributed by atoms with Crippen molar-refractivity contribution in [3.63, 3.8) is 0 Å². The van der Waals surface area contributed by atoms with Gasteiger partial charge in [0.1, 0.15) is 5.69 Å². The number of nitro groups is 1. The molecular formula is C12H16N2O4. The molecule has 0 atom stereocenters. The number of benzene rings is 1. The Balaban J connectivity index is 3.36. The first-order valence-corrected chi connectivity index (χ1v) is 5.57. The van der Waals surface area contributed by atoms with Crippen LogP contribution in [-0.2, 0) is 0 Å². The summed E-state index contributed by atoms with van der Waals surface area (Å²) in [6, 6.07) is 4.01. The molecule has 6 heteroatoms. The Morgan fingerprint density at radius 3 is 2.56 bits per heavy atom. The Labute approximate surface area is 105 Å². The van der Waals surface area contributed by atoms with Crippen molar-refractivity contribution in [2.75, 3.05) is 5.32 Å².